The zero-order valence-corrected chi connectivity index (χ0v) is 10.3. The topological polar surface area (TPSA) is 49.4 Å². The summed E-state index contributed by atoms with van der Waals surface area (Å²) in [7, 11) is -0.610. The summed E-state index contributed by atoms with van der Waals surface area (Å²) in [5, 5.41) is 2.49. The summed E-state index contributed by atoms with van der Waals surface area (Å²) in [5.41, 5.74) is 0.461. The molecule has 0 amide bonds. The molecule has 0 aliphatic carbocycles. The zero-order valence-electron chi connectivity index (χ0n) is 9.52. The Balaban J connectivity index is 2.82. The second-order valence-corrected chi connectivity index (χ2v) is 5.74. The van der Waals surface area contributed by atoms with Crippen molar-refractivity contribution >= 4 is 15.7 Å². The number of rotatable bonds is 5. The first kappa shape index (κ1) is 13.9. The van der Waals surface area contributed by atoms with Crippen molar-refractivity contribution in [3.8, 4) is 0 Å². The third-order valence-corrected chi connectivity index (χ3v) is 3.92. The molecular weight excluding hydrogens is 250 g/mol. The molecule has 0 spiro atoms. The van der Waals surface area contributed by atoms with E-state index < -0.39 is 23.0 Å². The first-order valence-corrected chi connectivity index (χ1v) is 6.32. The minimum atomic E-state index is -3.47. The molecule has 7 heteroatoms. The van der Waals surface area contributed by atoms with E-state index in [1.54, 1.807) is 0 Å². The van der Waals surface area contributed by atoms with E-state index in [1.165, 1.54) is 38.4 Å². The van der Waals surface area contributed by atoms with Gasteiger partial charge in [0.2, 0.25) is 10.0 Å². The largest absolute Gasteiger partial charge is 0.379 e. The molecule has 0 aromatic heterocycles. The second-order valence-electron chi connectivity index (χ2n) is 3.58. The van der Waals surface area contributed by atoms with E-state index in [-0.39, 0.29) is 4.90 Å². The summed E-state index contributed by atoms with van der Waals surface area (Å²) < 4.78 is 48.3. The fourth-order valence-electron chi connectivity index (χ4n) is 1.15. The molecule has 1 N–H and O–H groups in total. The lowest BCUT2D eigenvalue weighted by Crippen LogP contribution is -2.22. The Hall–Kier alpha value is -1.21. The maximum Gasteiger partial charge on any atom is 0.255 e. The highest BCUT2D eigenvalue weighted by molar-refractivity contribution is 7.89. The van der Waals surface area contributed by atoms with E-state index in [4.69, 9.17) is 0 Å². The zero-order chi connectivity index (χ0) is 13.1. The molecule has 0 aliphatic rings. The van der Waals surface area contributed by atoms with Crippen LogP contribution in [-0.2, 0) is 10.0 Å². The van der Waals surface area contributed by atoms with Gasteiger partial charge in [-0.15, -0.1) is 0 Å². The number of halogens is 2. The Bertz CT molecular complexity index is 458. The molecule has 17 heavy (non-hydrogen) atoms. The Kier molecular flexibility index (Phi) is 4.41. The van der Waals surface area contributed by atoms with Gasteiger partial charge < -0.3 is 5.32 Å². The molecule has 1 aromatic rings. The lowest BCUT2D eigenvalue weighted by atomic mass is 10.3. The van der Waals surface area contributed by atoms with Crippen LogP contribution < -0.4 is 5.32 Å². The van der Waals surface area contributed by atoms with Crippen LogP contribution in [0.5, 0.6) is 0 Å². The van der Waals surface area contributed by atoms with Crippen LogP contribution in [0.25, 0.3) is 0 Å². The molecule has 0 radical (unpaired) electrons. The Labute approximate surface area is 99.3 Å². The number of alkyl halides is 2. The second kappa shape index (κ2) is 5.42. The van der Waals surface area contributed by atoms with E-state index in [0.29, 0.717) is 5.69 Å². The van der Waals surface area contributed by atoms with Crippen molar-refractivity contribution in [1.29, 1.82) is 0 Å². The summed E-state index contributed by atoms with van der Waals surface area (Å²) in [4.78, 5) is 0.130. The van der Waals surface area contributed by atoms with E-state index >= 15 is 0 Å². The van der Waals surface area contributed by atoms with Gasteiger partial charge in [-0.2, -0.15) is 0 Å². The molecule has 0 saturated heterocycles. The van der Waals surface area contributed by atoms with Crippen LogP contribution in [0.4, 0.5) is 14.5 Å². The van der Waals surface area contributed by atoms with E-state index in [1.807, 2.05) is 0 Å². The molecule has 0 heterocycles. The standard InChI is InChI=1S/C10H14F2N2O2S/c1-14(2)17(15,16)9-5-3-8(4-6-9)13-7-10(11)12/h3-6,10,13H,7H2,1-2H3. The first-order valence-electron chi connectivity index (χ1n) is 4.88. The van der Waals surface area contributed by atoms with Crippen LogP contribution in [0.2, 0.25) is 0 Å². The van der Waals surface area contributed by atoms with Crippen molar-refractivity contribution in [1.82, 2.24) is 4.31 Å². The molecular formula is C10H14F2N2O2S. The summed E-state index contributed by atoms with van der Waals surface area (Å²) in [6.45, 7) is -0.459. The maximum absolute atomic E-state index is 11.9. The van der Waals surface area contributed by atoms with Crippen LogP contribution in [-0.4, -0.2) is 39.8 Å². The van der Waals surface area contributed by atoms with E-state index in [9.17, 15) is 17.2 Å². The number of anilines is 1. The minimum Gasteiger partial charge on any atom is -0.379 e. The van der Waals surface area contributed by atoms with Crippen LogP contribution in [0.1, 0.15) is 0 Å². The van der Waals surface area contributed by atoms with Gasteiger partial charge in [-0.3, -0.25) is 0 Å². The summed E-state index contributed by atoms with van der Waals surface area (Å²) in [5.74, 6) is 0. The molecule has 0 fully saturated rings. The summed E-state index contributed by atoms with van der Waals surface area (Å²) >= 11 is 0. The van der Waals surface area contributed by atoms with Crippen molar-refractivity contribution in [3.05, 3.63) is 24.3 Å². The lowest BCUT2D eigenvalue weighted by Gasteiger charge is -2.12. The highest BCUT2D eigenvalue weighted by Gasteiger charge is 2.16. The average molecular weight is 264 g/mol. The molecule has 0 atom stereocenters. The van der Waals surface area contributed by atoms with Crippen molar-refractivity contribution in [2.24, 2.45) is 0 Å². The fraction of sp³-hybridized carbons (Fsp3) is 0.400. The molecule has 0 aliphatic heterocycles. The van der Waals surface area contributed by atoms with Gasteiger partial charge in [0, 0.05) is 19.8 Å². The Morgan fingerprint density at radius 2 is 1.76 bits per heavy atom. The van der Waals surface area contributed by atoms with Crippen molar-refractivity contribution in [3.63, 3.8) is 0 Å². The van der Waals surface area contributed by atoms with Crippen molar-refractivity contribution in [2.45, 2.75) is 11.3 Å². The highest BCUT2D eigenvalue weighted by Crippen LogP contribution is 2.16. The Morgan fingerprint density at radius 3 is 2.18 bits per heavy atom. The van der Waals surface area contributed by atoms with Crippen molar-refractivity contribution in [2.75, 3.05) is 26.0 Å². The molecule has 0 bridgehead atoms. The molecule has 0 unspecified atom stereocenters. The van der Waals surface area contributed by atoms with Crippen LogP contribution in [0.15, 0.2) is 29.2 Å². The van der Waals surface area contributed by atoms with Crippen LogP contribution >= 0.6 is 0 Å². The van der Waals surface area contributed by atoms with Gasteiger partial charge in [0.25, 0.3) is 6.43 Å². The number of nitrogens with zero attached hydrogens (tertiary/aromatic N) is 1. The first-order chi connectivity index (χ1) is 7.84. The molecule has 1 aromatic carbocycles. The van der Waals surface area contributed by atoms with Gasteiger partial charge in [0.05, 0.1) is 11.4 Å². The number of sulfonamides is 1. The highest BCUT2D eigenvalue weighted by atomic mass is 32.2. The number of hydrogen-bond donors (Lipinski definition) is 1. The Morgan fingerprint density at radius 1 is 1.24 bits per heavy atom. The van der Waals surface area contributed by atoms with Gasteiger partial charge >= 0.3 is 0 Å². The van der Waals surface area contributed by atoms with Gasteiger partial charge in [-0.25, -0.2) is 21.5 Å². The number of benzene rings is 1. The third kappa shape index (κ3) is 3.64. The third-order valence-electron chi connectivity index (χ3n) is 2.09. The average Bonchev–Trinajstić information content (AvgIpc) is 2.26. The van der Waals surface area contributed by atoms with Crippen LogP contribution in [0.3, 0.4) is 0 Å². The predicted molar refractivity (Wildman–Crippen MR) is 61.8 cm³/mol. The normalized spacial score (nSPS) is 12.1. The smallest absolute Gasteiger partial charge is 0.255 e. The molecule has 96 valence electrons. The monoisotopic (exact) mass is 264 g/mol. The quantitative estimate of drug-likeness (QED) is 0.879. The van der Waals surface area contributed by atoms with E-state index in [2.05, 4.69) is 5.32 Å². The lowest BCUT2D eigenvalue weighted by molar-refractivity contribution is 0.163. The summed E-state index contributed by atoms with van der Waals surface area (Å²) in [6.07, 6.45) is -2.44. The fourth-order valence-corrected chi connectivity index (χ4v) is 2.05. The molecule has 4 nitrogen and oxygen atoms in total. The number of nitrogens with one attached hydrogen (secondary N) is 1. The molecule has 0 saturated carbocycles. The van der Waals surface area contributed by atoms with Gasteiger partial charge in [0.15, 0.2) is 0 Å². The minimum absolute atomic E-state index is 0.130. The molecule has 1 rings (SSSR count). The van der Waals surface area contributed by atoms with Gasteiger partial charge in [-0.05, 0) is 24.3 Å². The predicted octanol–water partition coefficient (Wildman–Crippen LogP) is 1.61. The SMILES string of the molecule is CN(C)S(=O)(=O)c1ccc(NCC(F)F)cc1. The summed E-state index contributed by atoms with van der Waals surface area (Å²) in [6, 6.07) is 5.67. The van der Waals surface area contributed by atoms with Crippen LogP contribution in [0, 0.1) is 0 Å². The van der Waals surface area contributed by atoms with E-state index in [0.717, 1.165) is 4.31 Å². The van der Waals surface area contributed by atoms with Crippen molar-refractivity contribution < 1.29 is 17.2 Å². The number of hydrogen-bond acceptors (Lipinski definition) is 3. The van der Waals surface area contributed by atoms with Gasteiger partial charge in [-0.1, -0.05) is 0 Å². The van der Waals surface area contributed by atoms with Gasteiger partial charge in [0.1, 0.15) is 0 Å². The maximum atomic E-state index is 11.9.